The molecule has 2 heterocycles. The predicted octanol–water partition coefficient (Wildman–Crippen LogP) is 5.61. The predicted molar refractivity (Wildman–Crippen MR) is 129 cm³/mol. The molecule has 0 bridgehead atoms. The van der Waals surface area contributed by atoms with Crippen LogP contribution in [0.1, 0.15) is 11.9 Å². The molecule has 2 aromatic carbocycles. The summed E-state index contributed by atoms with van der Waals surface area (Å²) in [7, 11) is 0. The number of aromatic nitrogens is 1. The molecule has 0 spiro atoms. The minimum atomic E-state index is -0.489. The van der Waals surface area contributed by atoms with Crippen molar-refractivity contribution in [2.24, 2.45) is 0 Å². The van der Waals surface area contributed by atoms with Crippen LogP contribution in [-0.2, 0) is 4.79 Å². The van der Waals surface area contributed by atoms with Gasteiger partial charge in [-0.25, -0.2) is 9.78 Å². The molecule has 0 fully saturated rings. The lowest BCUT2D eigenvalue weighted by atomic mass is 10.1. The number of nitrogens with zero attached hydrogens (tertiary/aromatic N) is 2. The number of thiazole rings is 1. The van der Waals surface area contributed by atoms with Crippen LogP contribution in [0, 0.1) is 11.3 Å². The van der Waals surface area contributed by atoms with Gasteiger partial charge in [0.2, 0.25) is 5.91 Å². The van der Waals surface area contributed by atoms with Crippen molar-refractivity contribution in [2.75, 3.05) is 10.6 Å². The molecule has 158 valence electrons. The number of benzene rings is 2. The van der Waals surface area contributed by atoms with Gasteiger partial charge in [0, 0.05) is 39.7 Å². The molecule has 32 heavy (non-hydrogen) atoms. The number of amides is 1. The van der Waals surface area contributed by atoms with Gasteiger partial charge in [-0.15, -0.1) is 11.3 Å². The standard InChI is InChI=1S/C23H15BrN4O3S/c1-13(29)27-18-5-3-17(4-6-18)26-11-15(10-25)22-28-20(12-32-22)19-9-14-8-16(24)2-7-21(14)31-23(19)30/h2-9,11-12,26H,1H3,(H,27,29). The number of fused-ring (bicyclic) bond motifs is 1. The number of halogens is 1. The number of nitrogens with one attached hydrogen (secondary N) is 2. The zero-order chi connectivity index (χ0) is 22.7. The summed E-state index contributed by atoms with van der Waals surface area (Å²) in [6, 6.07) is 16.3. The molecule has 0 unspecified atom stereocenters. The topological polar surface area (TPSA) is 108 Å². The zero-order valence-corrected chi connectivity index (χ0v) is 19.1. The Labute approximate surface area is 195 Å². The second-order valence-corrected chi connectivity index (χ2v) is 8.51. The van der Waals surface area contributed by atoms with E-state index in [4.69, 9.17) is 4.42 Å². The molecular formula is C23H15BrN4O3S. The highest BCUT2D eigenvalue weighted by atomic mass is 79.9. The third kappa shape index (κ3) is 4.77. The van der Waals surface area contributed by atoms with E-state index < -0.39 is 5.63 Å². The summed E-state index contributed by atoms with van der Waals surface area (Å²) in [5.74, 6) is -0.148. The summed E-state index contributed by atoms with van der Waals surface area (Å²) in [5, 5.41) is 18.3. The Bertz CT molecular complexity index is 1450. The molecule has 9 heteroatoms. The number of carbonyl (C=O) groups is 1. The van der Waals surface area contributed by atoms with Crippen LogP contribution in [-0.4, -0.2) is 10.9 Å². The van der Waals surface area contributed by atoms with Gasteiger partial charge in [-0.1, -0.05) is 15.9 Å². The maximum atomic E-state index is 12.4. The Morgan fingerprint density at radius 1 is 1.19 bits per heavy atom. The number of anilines is 2. The maximum absolute atomic E-state index is 12.4. The molecule has 0 radical (unpaired) electrons. The third-order valence-corrected chi connectivity index (χ3v) is 5.78. The van der Waals surface area contributed by atoms with Crippen LogP contribution < -0.4 is 16.3 Å². The fraction of sp³-hybridized carbons (Fsp3) is 0.0435. The van der Waals surface area contributed by atoms with Gasteiger partial charge >= 0.3 is 5.63 Å². The van der Waals surface area contributed by atoms with Gasteiger partial charge in [-0.3, -0.25) is 4.79 Å². The molecule has 0 saturated heterocycles. The molecule has 4 rings (SSSR count). The lowest BCUT2D eigenvalue weighted by molar-refractivity contribution is -0.114. The van der Waals surface area contributed by atoms with E-state index in [1.165, 1.54) is 18.3 Å². The Morgan fingerprint density at radius 2 is 1.94 bits per heavy atom. The average molecular weight is 507 g/mol. The van der Waals surface area contributed by atoms with Crippen molar-refractivity contribution in [3.05, 3.63) is 80.0 Å². The number of hydrogen-bond acceptors (Lipinski definition) is 7. The Morgan fingerprint density at radius 3 is 2.66 bits per heavy atom. The Balaban J connectivity index is 1.58. The van der Waals surface area contributed by atoms with Crippen LogP contribution in [0.2, 0.25) is 0 Å². The van der Waals surface area contributed by atoms with E-state index in [1.54, 1.807) is 54.0 Å². The second kappa shape index (κ2) is 9.18. The van der Waals surface area contributed by atoms with Crippen molar-refractivity contribution >= 4 is 61.1 Å². The minimum Gasteiger partial charge on any atom is -0.422 e. The molecule has 2 N–H and O–H groups in total. The lowest BCUT2D eigenvalue weighted by Gasteiger charge is -2.04. The molecule has 4 aromatic rings. The molecule has 0 saturated carbocycles. The van der Waals surface area contributed by atoms with Crippen LogP contribution in [0.3, 0.4) is 0 Å². The molecule has 0 aliphatic carbocycles. The van der Waals surface area contributed by atoms with Crippen molar-refractivity contribution in [1.29, 1.82) is 5.26 Å². The fourth-order valence-electron chi connectivity index (χ4n) is 2.94. The number of carbonyl (C=O) groups excluding carboxylic acids is 1. The molecule has 0 aliphatic rings. The van der Waals surface area contributed by atoms with Gasteiger partial charge in [-0.2, -0.15) is 5.26 Å². The fourth-order valence-corrected chi connectivity index (χ4v) is 4.11. The first-order valence-electron chi connectivity index (χ1n) is 9.37. The van der Waals surface area contributed by atoms with E-state index in [0.29, 0.717) is 33.1 Å². The van der Waals surface area contributed by atoms with E-state index in [9.17, 15) is 14.9 Å². The molecule has 1 amide bonds. The van der Waals surface area contributed by atoms with Gasteiger partial charge in [0.25, 0.3) is 0 Å². The summed E-state index contributed by atoms with van der Waals surface area (Å²) >= 11 is 4.67. The van der Waals surface area contributed by atoms with Crippen LogP contribution in [0.25, 0.3) is 27.8 Å². The maximum Gasteiger partial charge on any atom is 0.345 e. The first-order valence-corrected chi connectivity index (χ1v) is 11.0. The smallest absolute Gasteiger partial charge is 0.345 e. The summed E-state index contributed by atoms with van der Waals surface area (Å²) in [5.41, 5.74) is 2.52. The molecule has 2 aromatic heterocycles. The van der Waals surface area contributed by atoms with Crippen molar-refractivity contribution in [3.8, 4) is 17.3 Å². The Hall–Kier alpha value is -3.74. The minimum absolute atomic E-state index is 0.148. The zero-order valence-electron chi connectivity index (χ0n) is 16.7. The summed E-state index contributed by atoms with van der Waals surface area (Å²) in [4.78, 5) is 28.0. The highest BCUT2D eigenvalue weighted by Gasteiger charge is 2.14. The highest BCUT2D eigenvalue weighted by molar-refractivity contribution is 9.10. The van der Waals surface area contributed by atoms with Crippen molar-refractivity contribution in [3.63, 3.8) is 0 Å². The summed E-state index contributed by atoms with van der Waals surface area (Å²) in [6.45, 7) is 1.44. The van der Waals surface area contributed by atoms with E-state index in [1.807, 2.05) is 6.07 Å². The van der Waals surface area contributed by atoms with Crippen molar-refractivity contribution in [1.82, 2.24) is 4.98 Å². The van der Waals surface area contributed by atoms with Gasteiger partial charge in [0.1, 0.15) is 22.2 Å². The molecule has 0 aliphatic heterocycles. The number of rotatable bonds is 5. The quantitative estimate of drug-likeness (QED) is 0.268. The van der Waals surface area contributed by atoms with Crippen LogP contribution in [0.4, 0.5) is 11.4 Å². The third-order valence-electron chi connectivity index (χ3n) is 4.41. The average Bonchev–Trinajstić information content (AvgIpc) is 3.24. The van der Waals surface area contributed by atoms with E-state index >= 15 is 0 Å². The van der Waals surface area contributed by atoms with Crippen molar-refractivity contribution < 1.29 is 9.21 Å². The summed E-state index contributed by atoms with van der Waals surface area (Å²) in [6.07, 6.45) is 1.55. The Kier molecular flexibility index (Phi) is 6.16. The molecule has 7 nitrogen and oxygen atoms in total. The molecule has 0 atom stereocenters. The van der Waals surface area contributed by atoms with Gasteiger partial charge in [0.15, 0.2) is 0 Å². The number of hydrogen-bond donors (Lipinski definition) is 2. The lowest BCUT2D eigenvalue weighted by Crippen LogP contribution is -2.05. The summed E-state index contributed by atoms with van der Waals surface area (Å²) < 4.78 is 6.28. The monoisotopic (exact) mass is 506 g/mol. The van der Waals surface area contributed by atoms with Gasteiger partial charge in [-0.05, 0) is 48.5 Å². The van der Waals surface area contributed by atoms with Crippen LogP contribution >= 0.6 is 27.3 Å². The van der Waals surface area contributed by atoms with E-state index in [0.717, 1.165) is 15.5 Å². The number of nitriles is 1. The van der Waals surface area contributed by atoms with E-state index in [-0.39, 0.29) is 5.91 Å². The normalized spacial score (nSPS) is 11.2. The first-order chi connectivity index (χ1) is 15.4. The van der Waals surface area contributed by atoms with Gasteiger partial charge in [0.05, 0.1) is 11.3 Å². The van der Waals surface area contributed by atoms with Crippen molar-refractivity contribution in [2.45, 2.75) is 6.92 Å². The van der Waals surface area contributed by atoms with Crippen LogP contribution in [0.5, 0.6) is 0 Å². The second-order valence-electron chi connectivity index (χ2n) is 6.74. The molecular weight excluding hydrogens is 492 g/mol. The largest absolute Gasteiger partial charge is 0.422 e. The SMILES string of the molecule is CC(=O)Nc1ccc(NC=C(C#N)c2nc(-c3cc4cc(Br)ccc4oc3=O)cs2)cc1. The van der Waals surface area contributed by atoms with Gasteiger partial charge < -0.3 is 15.1 Å². The van der Waals surface area contributed by atoms with Crippen LogP contribution in [0.15, 0.2) is 73.8 Å². The highest BCUT2D eigenvalue weighted by Crippen LogP contribution is 2.27. The first kappa shape index (κ1) is 21.5. The van der Waals surface area contributed by atoms with E-state index in [2.05, 4.69) is 37.6 Å². The number of allylic oxidation sites excluding steroid dienone is 1.